The van der Waals surface area contributed by atoms with Gasteiger partial charge in [0.25, 0.3) is 0 Å². The van der Waals surface area contributed by atoms with Gasteiger partial charge in [0.05, 0.1) is 18.1 Å². The van der Waals surface area contributed by atoms with Crippen molar-refractivity contribution in [2.75, 3.05) is 25.1 Å². The van der Waals surface area contributed by atoms with Crippen molar-refractivity contribution in [3.05, 3.63) is 35.6 Å². The number of hydrogen-bond acceptors (Lipinski definition) is 4. The summed E-state index contributed by atoms with van der Waals surface area (Å²) in [6.07, 6.45) is 0.482. The lowest BCUT2D eigenvalue weighted by Gasteiger charge is -2.18. The summed E-state index contributed by atoms with van der Waals surface area (Å²) in [6, 6.07) is 5.83. The van der Waals surface area contributed by atoms with Gasteiger partial charge in [-0.3, -0.25) is 9.69 Å². The molecule has 1 N–H and O–H groups in total. The van der Waals surface area contributed by atoms with Crippen LogP contribution < -0.4 is 5.32 Å². The Hall–Kier alpha value is -1.47. The third kappa shape index (κ3) is 5.09. The predicted octanol–water partition coefficient (Wildman–Crippen LogP) is 0.561. The number of amides is 1. The number of likely N-dealkylation sites (N-methyl/N-ethyl adjacent to an activating group) is 1. The van der Waals surface area contributed by atoms with Gasteiger partial charge in [0.15, 0.2) is 9.84 Å². The lowest BCUT2D eigenvalue weighted by Crippen LogP contribution is -2.41. The monoisotopic (exact) mass is 314 g/mol. The molecule has 1 fully saturated rings. The van der Waals surface area contributed by atoms with E-state index in [9.17, 15) is 17.6 Å². The van der Waals surface area contributed by atoms with Crippen LogP contribution in [0, 0.1) is 5.82 Å². The zero-order valence-corrected chi connectivity index (χ0v) is 12.7. The van der Waals surface area contributed by atoms with E-state index in [4.69, 9.17) is 0 Å². The smallest absolute Gasteiger partial charge is 0.234 e. The Bertz CT molecular complexity index is 601. The summed E-state index contributed by atoms with van der Waals surface area (Å²) < 4.78 is 35.4. The highest BCUT2D eigenvalue weighted by atomic mass is 32.2. The summed E-state index contributed by atoms with van der Waals surface area (Å²) in [5.41, 5.74) is 0.912. The van der Waals surface area contributed by atoms with Gasteiger partial charge >= 0.3 is 0 Å². The van der Waals surface area contributed by atoms with Gasteiger partial charge in [-0.2, -0.15) is 0 Å². The fourth-order valence-electron chi connectivity index (χ4n) is 2.38. The summed E-state index contributed by atoms with van der Waals surface area (Å²) in [4.78, 5) is 13.7. The van der Waals surface area contributed by atoms with Gasteiger partial charge in [0, 0.05) is 12.6 Å². The number of carbonyl (C=O) groups is 1. The molecular formula is C14H19FN2O3S. The van der Waals surface area contributed by atoms with Crippen molar-refractivity contribution >= 4 is 15.7 Å². The standard InChI is InChI=1S/C14H19FN2O3S/c1-17(8-11-2-4-12(15)5-3-11)9-14(18)16-13-6-7-21(19,20)10-13/h2-5,13H,6-10H2,1H3,(H,16,18)/t13-/m0/s1. The number of nitrogens with one attached hydrogen (secondary N) is 1. The number of sulfone groups is 1. The quantitative estimate of drug-likeness (QED) is 0.862. The Morgan fingerprint density at radius 2 is 2.05 bits per heavy atom. The van der Waals surface area contributed by atoms with Crippen molar-refractivity contribution in [1.29, 1.82) is 0 Å². The summed E-state index contributed by atoms with van der Waals surface area (Å²) in [7, 11) is -1.20. The number of rotatable bonds is 5. The van der Waals surface area contributed by atoms with Crippen molar-refractivity contribution in [3.63, 3.8) is 0 Å². The maximum atomic E-state index is 12.8. The van der Waals surface area contributed by atoms with E-state index in [2.05, 4.69) is 5.32 Å². The van der Waals surface area contributed by atoms with Crippen molar-refractivity contribution in [1.82, 2.24) is 10.2 Å². The van der Waals surface area contributed by atoms with Gasteiger partial charge in [0.1, 0.15) is 5.82 Å². The minimum atomic E-state index is -2.99. The molecular weight excluding hydrogens is 295 g/mol. The van der Waals surface area contributed by atoms with Gasteiger partial charge in [-0.25, -0.2) is 12.8 Å². The highest BCUT2D eigenvalue weighted by Gasteiger charge is 2.28. The number of nitrogens with zero attached hydrogens (tertiary/aromatic N) is 1. The predicted molar refractivity (Wildman–Crippen MR) is 77.9 cm³/mol. The van der Waals surface area contributed by atoms with Crippen LogP contribution in [0.5, 0.6) is 0 Å². The first-order chi connectivity index (χ1) is 9.84. The lowest BCUT2D eigenvalue weighted by atomic mass is 10.2. The normalized spacial score (nSPS) is 20.6. The Balaban J connectivity index is 1.78. The van der Waals surface area contributed by atoms with Crippen LogP contribution in [-0.4, -0.2) is 50.4 Å². The molecule has 1 aromatic carbocycles. The molecule has 0 saturated carbocycles. The van der Waals surface area contributed by atoms with E-state index in [1.54, 1.807) is 24.1 Å². The molecule has 1 aliphatic rings. The summed E-state index contributed by atoms with van der Waals surface area (Å²) >= 11 is 0. The van der Waals surface area contributed by atoms with E-state index >= 15 is 0 Å². The van der Waals surface area contributed by atoms with Gasteiger partial charge in [-0.15, -0.1) is 0 Å². The largest absolute Gasteiger partial charge is 0.351 e. The molecule has 2 rings (SSSR count). The minimum Gasteiger partial charge on any atom is -0.351 e. The van der Waals surface area contributed by atoms with E-state index in [1.807, 2.05) is 0 Å². The van der Waals surface area contributed by atoms with Crippen LogP contribution >= 0.6 is 0 Å². The molecule has 1 aliphatic heterocycles. The van der Waals surface area contributed by atoms with E-state index in [1.165, 1.54) is 12.1 Å². The van der Waals surface area contributed by atoms with E-state index < -0.39 is 9.84 Å². The zero-order chi connectivity index (χ0) is 15.5. The maximum absolute atomic E-state index is 12.8. The third-order valence-corrected chi connectivity index (χ3v) is 5.14. The summed E-state index contributed by atoms with van der Waals surface area (Å²) in [5.74, 6) is -0.313. The van der Waals surface area contributed by atoms with Crippen molar-refractivity contribution in [3.8, 4) is 0 Å². The highest BCUT2D eigenvalue weighted by Crippen LogP contribution is 2.11. The second-order valence-electron chi connectivity index (χ2n) is 5.47. The minimum absolute atomic E-state index is 0.0282. The highest BCUT2D eigenvalue weighted by molar-refractivity contribution is 7.91. The van der Waals surface area contributed by atoms with Crippen molar-refractivity contribution < 1.29 is 17.6 Å². The van der Waals surface area contributed by atoms with Crippen LogP contribution in [-0.2, 0) is 21.2 Å². The van der Waals surface area contributed by atoms with Crippen molar-refractivity contribution in [2.45, 2.75) is 19.0 Å². The van der Waals surface area contributed by atoms with Crippen LogP contribution in [0.4, 0.5) is 4.39 Å². The van der Waals surface area contributed by atoms with Crippen LogP contribution in [0.15, 0.2) is 24.3 Å². The average Bonchev–Trinajstić information content (AvgIpc) is 2.71. The average molecular weight is 314 g/mol. The van der Waals surface area contributed by atoms with Gasteiger partial charge in [0.2, 0.25) is 5.91 Å². The number of benzene rings is 1. The van der Waals surface area contributed by atoms with E-state index in [0.717, 1.165) is 5.56 Å². The molecule has 1 amide bonds. The number of carbonyl (C=O) groups excluding carboxylic acids is 1. The maximum Gasteiger partial charge on any atom is 0.234 e. The second kappa shape index (κ2) is 6.53. The van der Waals surface area contributed by atoms with Gasteiger partial charge in [-0.05, 0) is 31.2 Å². The molecule has 1 heterocycles. The molecule has 1 saturated heterocycles. The van der Waals surface area contributed by atoms with Crippen LogP contribution in [0.2, 0.25) is 0 Å². The topological polar surface area (TPSA) is 66.5 Å². The molecule has 0 radical (unpaired) electrons. The van der Waals surface area contributed by atoms with Crippen LogP contribution in [0.1, 0.15) is 12.0 Å². The first-order valence-electron chi connectivity index (χ1n) is 6.77. The Labute approximate surface area is 124 Å². The lowest BCUT2D eigenvalue weighted by molar-refractivity contribution is -0.122. The first kappa shape index (κ1) is 15.9. The molecule has 0 spiro atoms. The van der Waals surface area contributed by atoms with E-state index in [0.29, 0.717) is 13.0 Å². The Morgan fingerprint density at radius 3 is 2.62 bits per heavy atom. The molecule has 0 unspecified atom stereocenters. The Kier molecular flexibility index (Phi) is 4.95. The van der Waals surface area contributed by atoms with Gasteiger partial charge < -0.3 is 5.32 Å². The third-order valence-electron chi connectivity index (χ3n) is 3.38. The van der Waals surface area contributed by atoms with Crippen molar-refractivity contribution in [2.24, 2.45) is 0 Å². The molecule has 1 atom stereocenters. The fourth-order valence-corrected chi connectivity index (χ4v) is 4.06. The molecule has 0 bridgehead atoms. The molecule has 21 heavy (non-hydrogen) atoms. The number of hydrogen-bond donors (Lipinski definition) is 1. The molecule has 0 aliphatic carbocycles. The molecule has 0 aromatic heterocycles. The fraction of sp³-hybridized carbons (Fsp3) is 0.500. The van der Waals surface area contributed by atoms with E-state index in [-0.39, 0.29) is 35.8 Å². The van der Waals surface area contributed by atoms with Crippen LogP contribution in [0.25, 0.3) is 0 Å². The molecule has 116 valence electrons. The zero-order valence-electron chi connectivity index (χ0n) is 11.9. The second-order valence-corrected chi connectivity index (χ2v) is 7.69. The number of halogens is 1. The molecule has 7 heteroatoms. The first-order valence-corrected chi connectivity index (χ1v) is 8.59. The molecule has 5 nitrogen and oxygen atoms in total. The summed E-state index contributed by atoms with van der Waals surface area (Å²) in [5, 5.41) is 2.74. The van der Waals surface area contributed by atoms with Crippen LogP contribution in [0.3, 0.4) is 0 Å². The van der Waals surface area contributed by atoms with Gasteiger partial charge in [-0.1, -0.05) is 12.1 Å². The molecule has 1 aromatic rings. The summed E-state index contributed by atoms with van der Waals surface area (Å²) in [6.45, 7) is 0.699. The SMILES string of the molecule is CN(CC(=O)N[C@H]1CCS(=O)(=O)C1)Cc1ccc(F)cc1. The Morgan fingerprint density at radius 1 is 1.38 bits per heavy atom.